The van der Waals surface area contributed by atoms with E-state index in [1.807, 2.05) is 48.2 Å². The molecular formula is C27H33BrClN3O2. The summed E-state index contributed by atoms with van der Waals surface area (Å²) >= 11 is 9.67. The molecule has 0 aromatic heterocycles. The maximum atomic E-state index is 13.3. The lowest BCUT2D eigenvalue weighted by atomic mass is 9.77. The molecule has 0 bridgehead atoms. The van der Waals surface area contributed by atoms with Crippen LogP contribution in [0, 0.1) is 5.41 Å². The minimum atomic E-state index is -0.200. The van der Waals surface area contributed by atoms with Gasteiger partial charge in [-0.2, -0.15) is 0 Å². The second kappa shape index (κ2) is 11.2. The SMILES string of the molecule is CCC(=O)NC(CCN1CCC2(CC1)CCN(Cc1ccc(Br)cc1)C2=O)c1cccc(Cl)c1. The van der Waals surface area contributed by atoms with Gasteiger partial charge < -0.3 is 15.1 Å². The van der Waals surface area contributed by atoms with E-state index in [1.54, 1.807) is 0 Å². The number of nitrogens with one attached hydrogen (secondary N) is 1. The smallest absolute Gasteiger partial charge is 0.229 e. The van der Waals surface area contributed by atoms with Crippen LogP contribution in [0.5, 0.6) is 0 Å². The van der Waals surface area contributed by atoms with E-state index in [0.29, 0.717) is 23.9 Å². The van der Waals surface area contributed by atoms with E-state index in [0.717, 1.165) is 61.9 Å². The summed E-state index contributed by atoms with van der Waals surface area (Å²) in [6.07, 6.45) is 4.05. The summed E-state index contributed by atoms with van der Waals surface area (Å²) in [5.41, 5.74) is 2.01. The van der Waals surface area contributed by atoms with Crippen LogP contribution in [-0.4, -0.2) is 47.8 Å². The number of carbonyl (C=O) groups excluding carboxylic acids is 2. The van der Waals surface area contributed by atoms with Gasteiger partial charge in [0, 0.05) is 35.6 Å². The molecule has 0 saturated carbocycles. The Morgan fingerprint density at radius 1 is 1.12 bits per heavy atom. The standard InChI is InChI=1S/C27H33BrClN3O2/c1-2-25(33)30-24(21-4-3-5-23(29)18-21)10-14-31-15-11-27(12-16-31)13-17-32(26(27)34)19-20-6-8-22(28)9-7-20/h3-9,18,24H,2,10-17,19H2,1H3,(H,30,33). The van der Waals surface area contributed by atoms with E-state index < -0.39 is 0 Å². The monoisotopic (exact) mass is 545 g/mol. The number of rotatable bonds is 8. The van der Waals surface area contributed by atoms with Crippen LogP contribution in [0.1, 0.15) is 56.2 Å². The molecule has 2 aliphatic heterocycles. The molecule has 2 amide bonds. The van der Waals surface area contributed by atoms with Crippen LogP contribution in [0.2, 0.25) is 5.02 Å². The van der Waals surface area contributed by atoms with Crippen molar-refractivity contribution in [2.45, 2.75) is 51.6 Å². The summed E-state index contributed by atoms with van der Waals surface area (Å²) in [5, 5.41) is 3.83. The molecule has 2 aromatic carbocycles. The molecule has 5 nitrogen and oxygen atoms in total. The molecule has 2 aromatic rings. The van der Waals surface area contributed by atoms with Crippen molar-refractivity contribution in [1.82, 2.24) is 15.1 Å². The van der Waals surface area contributed by atoms with Crippen LogP contribution >= 0.6 is 27.5 Å². The van der Waals surface area contributed by atoms with Crippen molar-refractivity contribution in [3.05, 3.63) is 69.2 Å². The number of hydrogen-bond acceptors (Lipinski definition) is 3. The van der Waals surface area contributed by atoms with E-state index in [1.165, 1.54) is 5.56 Å². The average molecular weight is 547 g/mol. The minimum absolute atomic E-state index is 0.0463. The highest BCUT2D eigenvalue weighted by molar-refractivity contribution is 9.10. The first-order valence-corrected chi connectivity index (χ1v) is 13.4. The van der Waals surface area contributed by atoms with Gasteiger partial charge in [-0.25, -0.2) is 0 Å². The third-order valence-corrected chi connectivity index (χ3v) is 8.11. The van der Waals surface area contributed by atoms with Crippen molar-refractivity contribution in [3.8, 4) is 0 Å². The first-order valence-electron chi connectivity index (χ1n) is 12.2. The van der Waals surface area contributed by atoms with Crippen molar-refractivity contribution in [1.29, 1.82) is 0 Å². The zero-order valence-electron chi connectivity index (χ0n) is 19.7. The summed E-state index contributed by atoms with van der Waals surface area (Å²) in [4.78, 5) is 29.9. The number of nitrogens with zero attached hydrogens (tertiary/aromatic N) is 2. The van der Waals surface area contributed by atoms with Crippen LogP contribution in [-0.2, 0) is 16.1 Å². The maximum absolute atomic E-state index is 13.3. The Morgan fingerprint density at radius 2 is 1.82 bits per heavy atom. The number of hydrogen-bond donors (Lipinski definition) is 1. The van der Waals surface area contributed by atoms with E-state index in [4.69, 9.17) is 11.6 Å². The van der Waals surface area contributed by atoms with E-state index in [-0.39, 0.29) is 17.4 Å². The van der Waals surface area contributed by atoms with Crippen molar-refractivity contribution >= 4 is 39.3 Å². The molecule has 34 heavy (non-hydrogen) atoms. The maximum Gasteiger partial charge on any atom is 0.229 e. The first-order chi connectivity index (χ1) is 16.4. The normalized spacial score (nSPS) is 18.9. The molecule has 1 N–H and O–H groups in total. The Kier molecular flexibility index (Phi) is 8.33. The second-order valence-corrected chi connectivity index (χ2v) is 10.9. The number of piperidine rings is 1. The largest absolute Gasteiger partial charge is 0.349 e. The predicted octanol–water partition coefficient (Wildman–Crippen LogP) is 5.57. The fourth-order valence-electron chi connectivity index (χ4n) is 5.18. The molecule has 7 heteroatoms. The van der Waals surface area contributed by atoms with Crippen molar-refractivity contribution in [3.63, 3.8) is 0 Å². The fraction of sp³-hybridized carbons (Fsp3) is 0.481. The molecule has 0 radical (unpaired) electrons. The topological polar surface area (TPSA) is 52.7 Å². The van der Waals surface area contributed by atoms with Gasteiger partial charge in [0.2, 0.25) is 11.8 Å². The van der Waals surface area contributed by atoms with Gasteiger partial charge in [-0.15, -0.1) is 0 Å². The Hall–Kier alpha value is -1.89. The van der Waals surface area contributed by atoms with Gasteiger partial charge in [-0.05, 0) is 74.2 Å². The van der Waals surface area contributed by atoms with Gasteiger partial charge >= 0.3 is 0 Å². The lowest BCUT2D eigenvalue weighted by Gasteiger charge is -2.38. The summed E-state index contributed by atoms with van der Waals surface area (Å²) in [5.74, 6) is 0.368. The van der Waals surface area contributed by atoms with Gasteiger partial charge in [0.15, 0.2) is 0 Å². The van der Waals surface area contributed by atoms with Gasteiger partial charge in [0.25, 0.3) is 0 Å². The van der Waals surface area contributed by atoms with Gasteiger partial charge in [0.05, 0.1) is 11.5 Å². The zero-order valence-corrected chi connectivity index (χ0v) is 22.1. The first kappa shape index (κ1) is 25.2. The van der Waals surface area contributed by atoms with Crippen molar-refractivity contribution < 1.29 is 9.59 Å². The Labute approximate surface area is 216 Å². The molecule has 0 aliphatic carbocycles. The number of carbonyl (C=O) groups is 2. The third-order valence-electron chi connectivity index (χ3n) is 7.34. The second-order valence-electron chi connectivity index (χ2n) is 9.54. The van der Waals surface area contributed by atoms with Crippen LogP contribution in [0.4, 0.5) is 0 Å². The molecule has 2 heterocycles. The summed E-state index contributed by atoms with van der Waals surface area (Å²) in [6, 6.07) is 15.9. The van der Waals surface area contributed by atoms with Crippen LogP contribution in [0.3, 0.4) is 0 Å². The summed E-state index contributed by atoms with van der Waals surface area (Å²) < 4.78 is 1.06. The molecule has 182 valence electrons. The molecule has 2 saturated heterocycles. The molecule has 1 unspecified atom stereocenters. The zero-order chi connectivity index (χ0) is 24.1. The molecular weight excluding hydrogens is 514 g/mol. The molecule has 2 fully saturated rings. The average Bonchev–Trinajstić information content (AvgIpc) is 3.13. The molecule has 1 spiro atoms. The summed E-state index contributed by atoms with van der Waals surface area (Å²) in [7, 11) is 0. The highest BCUT2D eigenvalue weighted by Gasteiger charge is 2.47. The lowest BCUT2D eigenvalue weighted by molar-refractivity contribution is -0.139. The van der Waals surface area contributed by atoms with Gasteiger partial charge in [0.1, 0.15) is 0 Å². The quantitative estimate of drug-likeness (QED) is 0.471. The van der Waals surface area contributed by atoms with E-state index >= 15 is 0 Å². The number of benzene rings is 2. The fourth-order valence-corrected chi connectivity index (χ4v) is 5.64. The van der Waals surface area contributed by atoms with Gasteiger partial charge in [-0.3, -0.25) is 9.59 Å². The third kappa shape index (κ3) is 6.02. The van der Waals surface area contributed by atoms with Crippen molar-refractivity contribution in [2.24, 2.45) is 5.41 Å². The Bertz CT molecular complexity index is 1010. The van der Waals surface area contributed by atoms with Crippen LogP contribution in [0.15, 0.2) is 53.0 Å². The lowest BCUT2D eigenvalue weighted by Crippen LogP contribution is -2.45. The molecule has 1 atom stereocenters. The van der Waals surface area contributed by atoms with Crippen LogP contribution in [0.25, 0.3) is 0 Å². The van der Waals surface area contributed by atoms with E-state index in [9.17, 15) is 9.59 Å². The summed E-state index contributed by atoms with van der Waals surface area (Å²) in [6.45, 7) is 6.12. The highest BCUT2D eigenvalue weighted by Crippen LogP contribution is 2.42. The Morgan fingerprint density at radius 3 is 2.50 bits per heavy atom. The molecule has 4 rings (SSSR count). The Balaban J connectivity index is 1.31. The predicted molar refractivity (Wildman–Crippen MR) is 140 cm³/mol. The van der Waals surface area contributed by atoms with E-state index in [2.05, 4.69) is 38.3 Å². The minimum Gasteiger partial charge on any atom is -0.349 e. The number of halogens is 2. The van der Waals surface area contributed by atoms with Crippen molar-refractivity contribution in [2.75, 3.05) is 26.2 Å². The van der Waals surface area contributed by atoms with Crippen LogP contribution < -0.4 is 5.32 Å². The van der Waals surface area contributed by atoms with Gasteiger partial charge in [-0.1, -0.05) is 58.7 Å². The number of amides is 2. The highest BCUT2D eigenvalue weighted by atomic mass is 79.9. The molecule has 2 aliphatic rings. The number of likely N-dealkylation sites (tertiary alicyclic amines) is 2.